The summed E-state index contributed by atoms with van der Waals surface area (Å²) in [5.74, 6) is -1.02. The van der Waals surface area contributed by atoms with E-state index in [0.29, 0.717) is 28.9 Å². The smallest absolute Gasteiger partial charge is 0.352 e. The van der Waals surface area contributed by atoms with E-state index < -0.39 is 28.5 Å². The van der Waals surface area contributed by atoms with Gasteiger partial charge in [0.05, 0.1) is 5.94 Å². The van der Waals surface area contributed by atoms with Crippen LogP contribution < -0.4 is 10.0 Å². The zero-order valence-corrected chi connectivity index (χ0v) is 21.8. The summed E-state index contributed by atoms with van der Waals surface area (Å²) in [4.78, 5) is 39.6. The summed E-state index contributed by atoms with van der Waals surface area (Å²) in [5.41, 5.74) is 1.28. The number of aliphatic carboxylic acids is 1. The third-order valence-corrected chi connectivity index (χ3v) is 9.16. The van der Waals surface area contributed by atoms with Crippen molar-refractivity contribution in [1.82, 2.24) is 10.2 Å². The average molecular weight is 548 g/mol. The zero-order valence-electron chi connectivity index (χ0n) is 19.4. The van der Waals surface area contributed by atoms with Crippen LogP contribution in [0.5, 0.6) is 0 Å². The molecule has 1 aromatic heterocycles. The second kappa shape index (κ2) is 12.0. The summed E-state index contributed by atoms with van der Waals surface area (Å²) < 4.78 is 6.13. The number of benzene rings is 1. The van der Waals surface area contributed by atoms with Crippen molar-refractivity contribution >= 4 is 53.1 Å². The van der Waals surface area contributed by atoms with Gasteiger partial charge in [-0.25, -0.2) is 4.79 Å². The minimum absolute atomic E-state index is 0.0690. The quantitative estimate of drug-likeness (QED) is 0.109. The third kappa shape index (κ3) is 5.66. The highest BCUT2D eigenvalue weighted by Gasteiger charge is 2.54. The standard InChI is InChI=1S/C24H25N3O6S3/c1-2-33-14-36-20(15-8-4-3-5-9-15)21(28)25-18-22(29)27-19(24(30)31)16(13-35-23(18)27)12-34-17-10-6-7-11-26(17)32/h3-11,18,20,23H,2,12-14H2,1H3,(H,25,28)(H,30,31). The molecule has 3 unspecified atom stereocenters. The second-order valence-electron chi connectivity index (χ2n) is 7.87. The summed E-state index contributed by atoms with van der Waals surface area (Å²) in [6.07, 6.45) is 1.38. The minimum Gasteiger partial charge on any atom is -0.618 e. The predicted molar refractivity (Wildman–Crippen MR) is 139 cm³/mol. The number of hydrogen-bond donors (Lipinski definition) is 2. The van der Waals surface area contributed by atoms with Crippen LogP contribution in [0.3, 0.4) is 0 Å². The van der Waals surface area contributed by atoms with Crippen LogP contribution in [0, 0.1) is 5.21 Å². The number of rotatable bonds is 11. The van der Waals surface area contributed by atoms with Crippen LogP contribution in [0.2, 0.25) is 0 Å². The molecule has 2 aliphatic heterocycles. The van der Waals surface area contributed by atoms with E-state index in [2.05, 4.69) is 5.32 Å². The van der Waals surface area contributed by atoms with Gasteiger partial charge in [-0.05, 0) is 24.1 Å². The number of carbonyl (C=O) groups is 3. The summed E-state index contributed by atoms with van der Waals surface area (Å²) in [7, 11) is 0. The van der Waals surface area contributed by atoms with Crippen molar-refractivity contribution in [3.63, 3.8) is 0 Å². The van der Waals surface area contributed by atoms with E-state index >= 15 is 0 Å². The van der Waals surface area contributed by atoms with Crippen molar-refractivity contribution in [3.05, 3.63) is 76.8 Å². The molecule has 9 nitrogen and oxygen atoms in total. The Morgan fingerprint density at radius 3 is 2.72 bits per heavy atom. The average Bonchev–Trinajstić information content (AvgIpc) is 2.89. The van der Waals surface area contributed by atoms with Gasteiger partial charge in [-0.2, -0.15) is 4.73 Å². The molecule has 12 heteroatoms. The number of nitrogens with one attached hydrogen (secondary N) is 1. The Labute approximate surface area is 221 Å². The normalized spacial score (nSPS) is 19.9. The van der Waals surface area contributed by atoms with Gasteiger partial charge < -0.3 is 20.4 Å². The van der Waals surface area contributed by atoms with Gasteiger partial charge in [0, 0.05) is 30.2 Å². The molecule has 0 aliphatic carbocycles. The van der Waals surface area contributed by atoms with Crippen LogP contribution in [0.4, 0.5) is 0 Å². The fraction of sp³-hybridized carbons (Fsp3) is 0.333. The lowest BCUT2D eigenvalue weighted by Crippen LogP contribution is -2.70. The fourth-order valence-electron chi connectivity index (χ4n) is 3.86. The van der Waals surface area contributed by atoms with Gasteiger partial charge in [0.25, 0.3) is 10.9 Å². The molecule has 0 bridgehead atoms. The molecule has 36 heavy (non-hydrogen) atoms. The molecule has 3 atom stereocenters. The van der Waals surface area contributed by atoms with E-state index in [-0.39, 0.29) is 17.4 Å². The molecule has 3 heterocycles. The summed E-state index contributed by atoms with van der Waals surface area (Å²) in [6, 6.07) is 13.4. The first-order chi connectivity index (χ1) is 17.4. The molecule has 1 fully saturated rings. The van der Waals surface area contributed by atoms with Crippen LogP contribution in [0.25, 0.3) is 0 Å². The van der Waals surface area contributed by atoms with E-state index in [0.717, 1.165) is 10.3 Å². The van der Waals surface area contributed by atoms with Gasteiger partial charge in [-0.15, -0.1) is 23.5 Å². The fourth-order valence-corrected chi connectivity index (χ4v) is 7.23. The van der Waals surface area contributed by atoms with Gasteiger partial charge in [0.2, 0.25) is 5.91 Å². The first-order valence-corrected chi connectivity index (χ1v) is 14.3. The van der Waals surface area contributed by atoms with Crippen LogP contribution >= 0.6 is 35.3 Å². The Balaban J connectivity index is 1.47. The Kier molecular flexibility index (Phi) is 8.83. The lowest BCUT2D eigenvalue weighted by molar-refractivity contribution is -0.645. The molecule has 0 spiro atoms. The maximum absolute atomic E-state index is 13.2. The molecule has 4 rings (SSSR count). The van der Waals surface area contributed by atoms with Crippen molar-refractivity contribution in [2.24, 2.45) is 0 Å². The monoisotopic (exact) mass is 547 g/mol. The van der Waals surface area contributed by atoms with Crippen molar-refractivity contribution in [2.75, 3.05) is 24.1 Å². The lowest BCUT2D eigenvalue weighted by Gasteiger charge is -2.49. The van der Waals surface area contributed by atoms with Gasteiger partial charge in [-0.3, -0.25) is 14.5 Å². The zero-order chi connectivity index (χ0) is 25.7. The van der Waals surface area contributed by atoms with Gasteiger partial charge in [0.1, 0.15) is 22.4 Å². The SMILES string of the molecule is CCOCSC(C(=O)NC1C(=O)N2C(C(=O)O)=C(CSc3cccc[n+]3[O-])CSC12)c1ccccc1. The van der Waals surface area contributed by atoms with Gasteiger partial charge in [0.15, 0.2) is 6.20 Å². The number of amides is 2. The molecular formula is C24H25N3O6S3. The van der Waals surface area contributed by atoms with Crippen molar-refractivity contribution < 1.29 is 29.0 Å². The van der Waals surface area contributed by atoms with Crippen molar-refractivity contribution in [2.45, 2.75) is 28.6 Å². The summed E-state index contributed by atoms with van der Waals surface area (Å²) >= 11 is 3.95. The predicted octanol–water partition coefficient (Wildman–Crippen LogP) is 2.62. The maximum Gasteiger partial charge on any atom is 0.352 e. The Hall–Kier alpha value is -2.67. The highest BCUT2D eigenvalue weighted by atomic mass is 32.2. The number of ether oxygens (including phenoxy) is 1. The first kappa shape index (κ1) is 26.4. The molecular weight excluding hydrogens is 522 g/mol. The Morgan fingerprint density at radius 2 is 2.03 bits per heavy atom. The molecule has 2 aromatic rings. The second-order valence-corrected chi connectivity index (χ2v) is 11.0. The molecule has 2 aliphatic rings. The number of nitrogens with zero attached hydrogens (tertiary/aromatic N) is 2. The van der Waals surface area contributed by atoms with Crippen molar-refractivity contribution in [3.8, 4) is 0 Å². The molecule has 0 saturated carbocycles. The van der Waals surface area contributed by atoms with Crippen LogP contribution in [0.15, 0.2) is 71.0 Å². The Morgan fingerprint density at radius 1 is 1.28 bits per heavy atom. The highest BCUT2D eigenvalue weighted by molar-refractivity contribution is 8.01. The number of pyridine rings is 1. The van der Waals surface area contributed by atoms with Gasteiger partial charge >= 0.3 is 5.97 Å². The number of aromatic nitrogens is 1. The van der Waals surface area contributed by atoms with E-state index in [1.54, 1.807) is 18.2 Å². The molecule has 1 saturated heterocycles. The number of carboxylic acids is 1. The molecule has 2 amide bonds. The molecule has 0 radical (unpaired) electrons. The largest absolute Gasteiger partial charge is 0.618 e. The number of thioether (sulfide) groups is 3. The molecule has 2 N–H and O–H groups in total. The van der Waals surface area contributed by atoms with E-state index in [4.69, 9.17) is 4.74 Å². The summed E-state index contributed by atoms with van der Waals surface area (Å²) in [6.45, 7) is 2.40. The minimum atomic E-state index is -1.20. The van der Waals surface area contributed by atoms with Crippen LogP contribution in [0.1, 0.15) is 17.7 Å². The number of carbonyl (C=O) groups excluding carboxylic acids is 2. The lowest BCUT2D eigenvalue weighted by atomic mass is 10.0. The first-order valence-electron chi connectivity index (χ1n) is 11.2. The van der Waals surface area contributed by atoms with E-state index in [1.807, 2.05) is 37.3 Å². The van der Waals surface area contributed by atoms with Crippen molar-refractivity contribution in [1.29, 1.82) is 0 Å². The number of carboxylic acid groups (broad SMARTS) is 1. The van der Waals surface area contributed by atoms with Crippen LogP contribution in [-0.4, -0.2) is 63.3 Å². The van der Waals surface area contributed by atoms with Crippen LogP contribution in [-0.2, 0) is 19.1 Å². The number of β-lactam (4-membered cyclic amide) rings is 1. The molecule has 1 aromatic carbocycles. The van der Waals surface area contributed by atoms with Gasteiger partial charge in [-0.1, -0.05) is 42.1 Å². The Bertz CT molecular complexity index is 1160. The van der Waals surface area contributed by atoms with E-state index in [1.165, 1.54) is 46.4 Å². The highest BCUT2D eigenvalue weighted by Crippen LogP contribution is 2.42. The topological polar surface area (TPSA) is 123 Å². The number of fused-ring (bicyclic) bond motifs is 1. The van der Waals surface area contributed by atoms with E-state index in [9.17, 15) is 24.7 Å². The summed E-state index contributed by atoms with van der Waals surface area (Å²) in [5, 5.41) is 24.0. The maximum atomic E-state index is 13.2. The number of hydrogen-bond acceptors (Lipinski definition) is 8. The third-order valence-electron chi connectivity index (χ3n) is 5.59. The molecule has 190 valence electrons.